The molecule has 0 aliphatic rings. The van der Waals surface area contributed by atoms with Crippen LogP contribution in [0.4, 0.5) is 4.39 Å². The molecule has 1 atom stereocenters. The molecule has 7 heteroatoms. The summed E-state index contributed by atoms with van der Waals surface area (Å²) in [5.41, 5.74) is -0.965. The van der Waals surface area contributed by atoms with E-state index in [-0.39, 0.29) is 6.54 Å². The molecular weight excluding hydrogens is 283 g/mol. The van der Waals surface area contributed by atoms with E-state index in [1.54, 1.807) is 0 Å². The van der Waals surface area contributed by atoms with E-state index in [4.69, 9.17) is 0 Å². The van der Waals surface area contributed by atoms with Crippen molar-refractivity contribution in [2.75, 3.05) is 20.1 Å². The van der Waals surface area contributed by atoms with Crippen molar-refractivity contribution < 1.29 is 17.9 Å². The van der Waals surface area contributed by atoms with Gasteiger partial charge in [-0.15, -0.1) is 0 Å². The third-order valence-electron chi connectivity index (χ3n) is 3.01. The second-order valence-electron chi connectivity index (χ2n) is 4.93. The molecule has 1 rings (SSSR count). The van der Waals surface area contributed by atoms with Crippen LogP contribution in [0.25, 0.3) is 0 Å². The van der Waals surface area contributed by atoms with Crippen LogP contribution in [0.3, 0.4) is 0 Å². The van der Waals surface area contributed by atoms with Gasteiger partial charge in [0.05, 0.1) is 0 Å². The summed E-state index contributed by atoms with van der Waals surface area (Å²) in [7, 11) is -2.15. The lowest BCUT2D eigenvalue weighted by Crippen LogP contribution is -2.44. The summed E-state index contributed by atoms with van der Waals surface area (Å²) in [6, 6.07) is 5.31. The molecule has 0 aliphatic heterocycles. The maximum atomic E-state index is 12.8. The van der Waals surface area contributed by atoms with Gasteiger partial charge in [-0.1, -0.05) is 19.1 Å². The Bertz CT molecular complexity index is 529. The Hall–Kier alpha value is -1.02. The van der Waals surface area contributed by atoms with Crippen LogP contribution >= 0.6 is 0 Å². The minimum atomic E-state index is -3.62. The minimum absolute atomic E-state index is 0.185. The first-order valence-corrected chi connectivity index (χ1v) is 7.82. The summed E-state index contributed by atoms with van der Waals surface area (Å²) >= 11 is 0. The van der Waals surface area contributed by atoms with E-state index < -0.39 is 21.6 Å². The molecular formula is C13H21FN2O3S. The van der Waals surface area contributed by atoms with E-state index in [9.17, 15) is 17.9 Å². The number of benzene rings is 1. The molecule has 1 aromatic rings. The number of nitrogens with zero attached hydrogens (tertiary/aromatic N) is 1. The highest BCUT2D eigenvalue weighted by molar-refractivity contribution is 7.87. The zero-order chi connectivity index (χ0) is 15.4. The zero-order valence-corrected chi connectivity index (χ0v) is 12.7. The molecule has 0 amide bonds. The molecule has 0 aromatic heterocycles. The maximum absolute atomic E-state index is 12.8. The molecule has 20 heavy (non-hydrogen) atoms. The van der Waals surface area contributed by atoms with Gasteiger partial charge in [0.1, 0.15) is 11.4 Å². The van der Waals surface area contributed by atoms with Crippen molar-refractivity contribution in [1.29, 1.82) is 0 Å². The Morgan fingerprint density at radius 3 is 2.40 bits per heavy atom. The fraction of sp³-hybridized carbons (Fsp3) is 0.538. The summed E-state index contributed by atoms with van der Waals surface area (Å²) in [6.45, 7) is 3.56. The molecule has 0 radical (unpaired) electrons. The summed E-state index contributed by atoms with van der Waals surface area (Å²) < 4.78 is 40.2. The van der Waals surface area contributed by atoms with E-state index in [0.717, 1.165) is 0 Å². The molecule has 0 spiro atoms. The van der Waals surface area contributed by atoms with Gasteiger partial charge in [0.15, 0.2) is 0 Å². The lowest BCUT2D eigenvalue weighted by Gasteiger charge is -2.26. The van der Waals surface area contributed by atoms with Gasteiger partial charge in [0.25, 0.3) is 10.2 Å². The molecule has 0 fully saturated rings. The molecule has 0 saturated heterocycles. The topological polar surface area (TPSA) is 69.6 Å². The highest BCUT2D eigenvalue weighted by Gasteiger charge is 2.27. The Morgan fingerprint density at radius 2 is 1.90 bits per heavy atom. The van der Waals surface area contributed by atoms with Gasteiger partial charge in [-0.2, -0.15) is 17.4 Å². The van der Waals surface area contributed by atoms with Crippen molar-refractivity contribution in [3.05, 3.63) is 35.6 Å². The van der Waals surface area contributed by atoms with Crippen LogP contribution in [0.15, 0.2) is 24.3 Å². The third-order valence-corrected chi connectivity index (χ3v) is 4.53. The second kappa shape index (κ2) is 6.62. The molecule has 1 unspecified atom stereocenters. The Kier molecular flexibility index (Phi) is 5.64. The van der Waals surface area contributed by atoms with Crippen molar-refractivity contribution in [3.63, 3.8) is 0 Å². The molecule has 2 N–H and O–H groups in total. The van der Waals surface area contributed by atoms with Crippen LogP contribution in [0.1, 0.15) is 25.8 Å². The van der Waals surface area contributed by atoms with Gasteiger partial charge < -0.3 is 5.11 Å². The van der Waals surface area contributed by atoms with Crippen molar-refractivity contribution in [2.24, 2.45) is 0 Å². The number of hydrogen-bond donors (Lipinski definition) is 2. The molecule has 0 aliphatic carbocycles. The van der Waals surface area contributed by atoms with Gasteiger partial charge >= 0.3 is 0 Å². The lowest BCUT2D eigenvalue weighted by molar-refractivity contribution is 0.0623. The molecule has 114 valence electrons. The Morgan fingerprint density at radius 1 is 1.35 bits per heavy atom. The zero-order valence-electron chi connectivity index (χ0n) is 11.9. The summed E-state index contributed by atoms with van der Waals surface area (Å²) in [6.07, 6.45) is 0.700. The smallest absolute Gasteiger partial charge is 0.279 e. The quantitative estimate of drug-likeness (QED) is 0.795. The minimum Gasteiger partial charge on any atom is -0.384 e. The number of halogens is 1. The van der Waals surface area contributed by atoms with Gasteiger partial charge in [0, 0.05) is 20.1 Å². The molecule has 1 aromatic carbocycles. The first kappa shape index (κ1) is 17.0. The average Bonchev–Trinajstić information content (AvgIpc) is 2.37. The van der Waals surface area contributed by atoms with Crippen molar-refractivity contribution in [2.45, 2.75) is 25.9 Å². The van der Waals surface area contributed by atoms with Gasteiger partial charge in [-0.05, 0) is 31.0 Å². The first-order valence-electron chi connectivity index (χ1n) is 6.38. The third kappa shape index (κ3) is 4.52. The van der Waals surface area contributed by atoms with Crippen LogP contribution in [0.2, 0.25) is 0 Å². The molecule has 0 heterocycles. The predicted octanol–water partition coefficient (Wildman–Crippen LogP) is 1.21. The predicted molar refractivity (Wildman–Crippen MR) is 75.8 cm³/mol. The summed E-state index contributed by atoms with van der Waals surface area (Å²) in [5.74, 6) is -0.409. The Labute approximate surface area is 119 Å². The molecule has 0 bridgehead atoms. The van der Waals surface area contributed by atoms with E-state index >= 15 is 0 Å². The van der Waals surface area contributed by atoms with Crippen molar-refractivity contribution >= 4 is 10.2 Å². The van der Waals surface area contributed by atoms with Gasteiger partial charge in [0.2, 0.25) is 0 Å². The fourth-order valence-corrected chi connectivity index (χ4v) is 2.79. The molecule has 5 nitrogen and oxygen atoms in total. The molecule has 0 saturated carbocycles. The van der Waals surface area contributed by atoms with E-state index in [1.807, 2.05) is 6.92 Å². The first-order chi connectivity index (χ1) is 9.19. The number of nitrogens with one attached hydrogen (secondary N) is 1. The Balaban J connectivity index is 2.75. The normalized spacial score (nSPS) is 15.3. The number of aliphatic hydroxyl groups is 1. The standard InChI is InChI=1S/C13H21FN2O3S/c1-4-9-16(3)20(18,19)15-10-13(2,17)11-5-7-12(14)8-6-11/h5-8,15,17H,4,9-10H2,1-3H3. The maximum Gasteiger partial charge on any atom is 0.279 e. The van der Waals surface area contributed by atoms with E-state index in [1.165, 1.54) is 42.5 Å². The number of hydrogen-bond acceptors (Lipinski definition) is 3. The van der Waals surface area contributed by atoms with Crippen LogP contribution in [-0.4, -0.2) is 38.0 Å². The SMILES string of the molecule is CCCN(C)S(=O)(=O)NCC(C)(O)c1ccc(F)cc1. The number of rotatable bonds is 7. The van der Waals surface area contributed by atoms with Crippen LogP contribution in [-0.2, 0) is 15.8 Å². The van der Waals surface area contributed by atoms with Gasteiger partial charge in [-0.25, -0.2) is 4.39 Å². The second-order valence-corrected chi connectivity index (χ2v) is 6.79. The summed E-state index contributed by atoms with van der Waals surface area (Å²) in [5, 5.41) is 10.3. The summed E-state index contributed by atoms with van der Waals surface area (Å²) in [4.78, 5) is 0. The van der Waals surface area contributed by atoms with Crippen LogP contribution in [0, 0.1) is 5.82 Å². The van der Waals surface area contributed by atoms with Gasteiger partial charge in [-0.3, -0.25) is 0 Å². The fourth-order valence-electron chi connectivity index (χ4n) is 1.69. The van der Waals surface area contributed by atoms with Crippen LogP contribution < -0.4 is 4.72 Å². The van der Waals surface area contributed by atoms with Crippen molar-refractivity contribution in [3.8, 4) is 0 Å². The largest absolute Gasteiger partial charge is 0.384 e. The highest BCUT2D eigenvalue weighted by Crippen LogP contribution is 2.20. The van der Waals surface area contributed by atoms with E-state index in [2.05, 4.69) is 4.72 Å². The lowest BCUT2D eigenvalue weighted by atomic mass is 9.96. The van der Waals surface area contributed by atoms with E-state index in [0.29, 0.717) is 18.5 Å². The van der Waals surface area contributed by atoms with Crippen molar-refractivity contribution in [1.82, 2.24) is 9.03 Å². The highest BCUT2D eigenvalue weighted by atomic mass is 32.2. The monoisotopic (exact) mass is 304 g/mol. The average molecular weight is 304 g/mol. The van der Waals surface area contributed by atoms with Crippen LogP contribution in [0.5, 0.6) is 0 Å².